The molecule has 0 radical (unpaired) electrons. The standard InChI is InChI=1S/C19H15ClFNO3S/c1-25-16-7-9-17(10-8-16)26(23,24)22-19-11-4-14(20)12-18(19)13-2-5-15(21)6-3-13/h2-12,22H,1H3. The van der Waals surface area contributed by atoms with Crippen molar-refractivity contribution in [2.45, 2.75) is 4.90 Å². The van der Waals surface area contributed by atoms with Crippen molar-refractivity contribution >= 4 is 27.3 Å². The molecule has 0 bridgehead atoms. The second-order valence-corrected chi connectivity index (χ2v) is 7.60. The topological polar surface area (TPSA) is 55.4 Å². The molecule has 0 aromatic heterocycles. The summed E-state index contributed by atoms with van der Waals surface area (Å²) in [6.07, 6.45) is 0. The van der Waals surface area contributed by atoms with E-state index in [1.54, 1.807) is 42.5 Å². The van der Waals surface area contributed by atoms with E-state index in [0.717, 1.165) is 0 Å². The number of anilines is 1. The van der Waals surface area contributed by atoms with Crippen LogP contribution in [0.2, 0.25) is 5.02 Å². The van der Waals surface area contributed by atoms with Gasteiger partial charge in [-0.05, 0) is 60.2 Å². The van der Waals surface area contributed by atoms with Crippen LogP contribution in [0.15, 0.2) is 71.6 Å². The van der Waals surface area contributed by atoms with Gasteiger partial charge in [-0.2, -0.15) is 0 Å². The normalized spacial score (nSPS) is 11.2. The average Bonchev–Trinajstić information content (AvgIpc) is 2.64. The molecule has 7 heteroatoms. The number of ether oxygens (including phenoxy) is 1. The van der Waals surface area contributed by atoms with Crippen LogP contribution in [0, 0.1) is 5.82 Å². The zero-order valence-corrected chi connectivity index (χ0v) is 15.3. The van der Waals surface area contributed by atoms with Gasteiger partial charge in [0.25, 0.3) is 10.0 Å². The molecule has 3 rings (SSSR count). The summed E-state index contributed by atoms with van der Waals surface area (Å²) >= 11 is 6.05. The van der Waals surface area contributed by atoms with Crippen molar-refractivity contribution in [3.05, 3.63) is 77.6 Å². The number of nitrogens with one attached hydrogen (secondary N) is 1. The molecule has 134 valence electrons. The lowest BCUT2D eigenvalue weighted by Crippen LogP contribution is -2.13. The van der Waals surface area contributed by atoms with E-state index in [1.807, 2.05) is 0 Å². The first kappa shape index (κ1) is 18.2. The highest BCUT2D eigenvalue weighted by molar-refractivity contribution is 7.92. The number of halogens is 2. The van der Waals surface area contributed by atoms with Gasteiger partial charge in [0.15, 0.2) is 0 Å². The first-order chi connectivity index (χ1) is 12.4. The Bertz CT molecular complexity index is 1020. The third kappa shape index (κ3) is 3.98. The fourth-order valence-corrected chi connectivity index (χ4v) is 3.68. The van der Waals surface area contributed by atoms with Crippen LogP contribution < -0.4 is 9.46 Å². The lowest BCUT2D eigenvalue weighted by molar-refractivity contribution is 0.414. The fourth-order valence-electron chi connectivity index (χ4n) is 2.43. The average molecular weight is 392 g/mol. The zero-order chi connectivity index (χ0) is 18.7. The minimum Gasteiger partial charge on any atom is -0.497 e. The smallest absolute Gasteiger partial charge is 0.261 e. The maximum absolute atomic E-state index is 13.2. The van der Waals surface area contributed by atoms with Crippen LogP contribution in [0.3, 0.4) is 0 Å². The first-order valence-electron chi connectivity index (χ1n) is 7.61. The molecular formula is C19H15ClFNO3S. The maximum atomic E-state index is 13.2. The summed E-state index contributed by atoms with van der Waals surface area (Å²) in [6, 6.07) is 16.6. The minimum absolute atomic E-state index is 0.0957. The lowest BCUT2D eigenvalue weighted by Gasteiger charge is -2.14. The summed E-state index contributed by atoms with van der Waals surface area (Å²) in [5.41, 5.74) is 1.53. The molecule has 4 nitrogen and oxygen atoms in total. The SMILES string of the molecule is COc1ccc(S(=O)(=O)Nc2ccc(Cl)cc2-c2ccc(F)cc2)cc1. The van der Waals surface area contributed by atoms with Crippen LogP contribution in [-0.2, 0) is 10.0 Å². The van der Waals surface area contributed by atoms with Gasteiger partial charge in [0, 0.05) is 10.6 Å². The van der Waals surface area contributed by atoms with Gasteiger partial charge in [-0.3, -0.25) is 4.72 Å². The van der Waals surface area contributed by atoms with Gasteiger partial charge in [-0.25, -0.2) is 12.8 Å². The summed E-state index contributed by atoms with van der Waals surface area (Å²) in [4.78, 5) is 0.0957. The molecular weight excluding hydrogens is 377 g/mol. The third-order valence-electron chi connectivity index (χ3n) is 3.75. The summed E-state index contributed by atoms with van der Waals surface area (Å²) in [6.45, 7) is 0. The van der Waals surface area contributed by atoms with Crippen LogP contribution in [-0.4, -0.2) is 15.5 Å². The molecule has 0 saturated heterocycles. The van der Waals surface area contributed by atoms with E-state index in [-0.39, 0.29) is 10.7 Å². The molecule has 0 spiro atoms. The Hall–Kier alpha value is -2.57. The predicted molar refractivity (Wildman–Crippen MR) is 101 cm³/mol. The molecule has 0 aliphatic heterocycles. The molecule has 0 saturated carbocycles. The molecule has 3 aromatic carbocycles. The van der Waals surface area contributed by atoms with E-state index in [2.05, 4.69) is 4.72 Å². The second-order valence-electron chi connectivity index (χ2n) is 5.48. The highest BCUT2D eigenvalue weighted by Crippen LogP contribution is 2.32. The van der Waals surface area contributed by atoms with E-state index in [1.165, 1.54) is 31.4 Å². The molecule has 3 aromatic rings. The lowest BCUT2D eigenvalue weighted by atomic mass is 10.0. The quantitative estimate of drug-likeness (QED) is 0.669. The number of sulfonamides is 1. The number of benzene rings is 3. The maximum Gasteiger partial charge on any atom is 0.261 e. The van der Waals surface area contributed by atoms with Gasteiger partial charge in [0.1, 0.15) is 11.6 Å². The molecule has 26 heavy (non-hydrogen) atoms. The Morgan fingerprint density at radius 2 is 1.62 bits per heavy atom. The van der Waals surface area contributed by atoms with Crippen molar-refractivity contribution in [1.82, 2.24) is 0 Å². The molecule has 0 fully saturated rings. The highest BCUT2D eigenvalue weighted by Gasteiger charge is 2.17. The van der Waals surface area contributed by atoms with Crippen LogP contribution in [0.4, 0.5) is 10.1 Å². The molecule has 0 aliphatic carbocycles. The molecule has 0 amide bonds. The van der Waals surface area contributed by atoms with Crippen molar-refractivity contribution in [2.75, 3.05) is 11.8 Å². The molecule has 0 atom stereocenters. The summed E-state index contributed by atoms with van der Waals surface area (Å²) in [5, 5.41) is 0.441. The van der Waals surface area contributed by atoms with E-state index in [9.17, 15) is 12.8 Å². The van der Waals surface area contributed by atoms with Crippen LogP contribution in [0.5, 0.6) is 5.75 Å². The van der Waals surface area contributed by atoms with E-state index in [4.69, 9.17) is 16.3 Å². The van der Waals surface area contributed by atoms with Crippen molar-refractivity contribution < 1.29 is 17.5 Å². The van der Waals surface area contributed by atoms with E-state index in [0.29, 0.717) is 27.6 Å². The van der Waals surface area contributed by atoms with Crippen molar-refractivity contribution in [3.8, 4) is 16.9 Å². The number of rotatable bonds is 5. The number of hydrogen-bond acceptors (Lipinski definition) is 3. The summed E-state index contributed by atoms with van der Waals surface area (Å²) in [5.74, 6) is 0.179. The van der Waals surface area contributed by atoms with E-state index < -0.39 is 10.0 Å². The van der Waals surface area contributed by atoms with Crippen molar-refractivity contribution in [3.63, 3.8) is 0 Å². The first-order valence-corrected chi connectivity index (χ1v) is 9.47. The van der Waals surface area contributed by atoms with Gasteiger partial charge < -0.3 is 4.74 Å². The molecule has 1 N–H and O–H groups in total. The number of methoxy groups -OCH3 is 1. The van der Waals surface area contributed by atoms with Gasteiger partial charge in [-0.1, -0.05) is 23.7 Å². The number of hydrogen-bond donors (Lipinski definition) is 1. The van der Waals surface area contributed by atoms with Crippen molar-refractivity contribution in [1.29, 1.82) is 0 Å². The highest BCUT2D eigenvalue weighted by atomic mass is 35.5. The summed E-state index contributed by atoms with van der Waals surface area (Å²) < 4.78 is 46.1. The minimum atomic E-state index is -3.81. The molecule has 0 heterocycles. The zero-order valence-electron chi connectivity index (χ0n) is 13.7. The van der Waals surface area contributed by atoms with Gasteiger partial charge in [0.05, 0.1) is 17.7 Å². The Kier molecular flexibility index (Phi) is 5.15. The monoisotopic (exact) mass is 391 g/mol. The predicted octanol–water partition coefficient (Wildman–Crippen LogP) is 4.96. The van der Waals surface area contributed by atoms with E-state index >= 15 is 0 Å². The Morgan fingerprint density at radius 1 is 0.962 bits per heavy atom. The van der Waals surface area contributed by atoms with Crippen LogP contribution >= 0.6 is 11.6 Å². The third-order valence-corrected chi connectivity index (χ3v) is 5.37. The van der Waals surface area contributed by atoms with Crippen molar-refractivity contribution in [2.24, 2.45) is 0 Å². The van der Waals surface area contributed by atoms with Crippen LogP contribution in [0.25, 0.3) is 11.1 Å². The Labute approximate surface area is 156 Å². The Morgan fingerprint density at radius 3 is 2.23 bits per heavy atom. The second kappa shape index (κ2) is 7.35. The van der Waals surface area contributed by atoms with Gasteiger partial charge >= 0.3 is 0 Å². The summed E-state index contributed by atoms with van der Waals surface area (Å²) in [7, 11) is -2.31. The largest absolute Gasteiger partial charge is 0.497 e. The Balaban J connectivity index is 1.99. The van der Waals surface area contributed by atoms with Gasteiger partial charge in [0.2, 0.25) is 0 Å². The van der Waals surface area contributed by atoms with Crippen LogP contribution in [0.1, 0.15) is 0 Å². The molecule has 0 aliphatic rings. The van der Waals surface area contributed by atoms with Gasteiger partial charge in [-0.15, -0.1) is 0 Å². The molecule has 0 unspecified atom stereocenters. The fraction of sp³-hybridized carbons (Fsp3) is 0.0526.